The van der Waals surface area contributed by atoms with Crippen LogP contribution in [0.4, 0.5) is 5.69 Å². The van der Waals surface area contributed by atoms with Crippen molar-refractivity contribution in [1.82, 2.24) is 4.90 Å². The molecular weight excluding hydrogens is 284 g/mol. The molecule has 1 atom stereocenters. The van der Waals surface area contributed by atoms with Gasteiger partial charge in [-0.1, -0.05) is 24.3 Å². The molecule has 0 saturated carbocycles. The Hall–Kier alpha value is -1.75. The van der Waals surface area contributed by atoms with E-state index in [2.05, 4.69) is 11.9 Å². The maximum Gasteiger partial charge on any atom is 0.238 e. The Morgan fingerprint density at radius 2 is 2.05 bits per heavy atom. The molecule has 1 saturated heterocycles. The first-order valence-electron chi connectivity index (χ1n) is 7.14. The molecule has 2 aliphatic heterocycles. The minimum Gasteiger partial charge on any atom is -0.342 e. The molecule has 0 unspecified atom stereocenters. The van der Waals surface area contributed by atoms with Gasteiger partial charge in [-0.3, -0.25) is 9.59 Å². The second-order valence-electron chi connectivity index (χ2n) is 5.43. The van der Waals surface area contributed by atoms with Crippen molar-refractivity contribution in [1.29, 1.82) is 0 Å². The molecule has 1 N–H and O–H groups in total. The molecule has 21 heavy (non-hydrogen) atoms. The monoisotopic (exact) mass is 302 g/mol. The van der Waals surface area contributed by atoms with Gasteiger partial charge >= 0.3 is 0 Å². The summed E-state index contributed by atoms with van der Waals surface area (Å²) in [5.41, 5.74) is 2.04. The fourth-order valence-electron chi connectivity index (χ4n) is 2.59. The normalized spacial score (nSPS) is 21.7. The highest BCUT2D eigenvalue weighted by Crippen LogP contribution is 2.36. The number of rotatable bonds is 2. The molecule has 0 bridgehead atoms. The summed E-state index contributed by atoms with van der Waals surface area (Å²) in [5.74, 6) is -0.0111. The Morgan fingerprint density at radius 1 is 1.33 bits per heavy atom. The molecular formula is C16H18N2O2S. The Bertz CT molecular complexity index is 590. The molecule has 2 aliphatic rings. The summed E-state index contributed by atoms with van der Waals surface area (Å²) in [6.45, 7) is 5.41. The van der Waals surface area contributed by atoms with Crippen molar-refractivity contribution < 1.29 is 9.59 Å². The van der Waals surface area contributed by atoms with Crippen molar-refractivity contribution in [3.63, 3.8) is 0 Å². The second kappa shape index (κ2) is 5.93. The molecule has 4 nitrogen and oxygen atoms in total. The quantitative estimate of drug-likeness (QED) is 0.855. The van der Waals surface area contributed by atoms with E-state index in [0.29, 0.717) is 0 Å². The van der Waals surface area contributed by atoms with E-state index in [9.17, 15) is 9.59 Å². The lowest BCUT2D eigenvalue weighted by Gasteiger charge is -2.30. The average molecular weight is 302 g/mol. The third-order valence-corrected chi connectivity index (χ3v) is 5.17. The molecule has 0 aliphatic carbocycles. The van der Waals surface area contributed by atoms with Crippen LogP contribution in [0, 0.1) is 0 Å². The summed E-state index contributed by atoms with van der Waals surface area (Å²) in [4.78, 5) is 27.3. The van der Waals surface area contributed by atoms with Crippen LogP contribution in [0.15, 0.2) is 41.3 Å². The van der Waals surface area contributed by atoms with Gasteiger partial charge in [-0.25, -0.2) is 0 Å². The van der Waals surface area contributed by atoms with Gasteiger partial charge in [0.05, 0.1) is 10.9 Å². The number of likely N-dealkylation sites (tertiary alicyclic amines) is 1. The Kier molecular flexibility index (Phi) is 4.01. The number of carbonyl (C=O) groups is 2. The molecule has 3 rings (SSSR count). The van der Waals surface area contributed by atoms with Gasteiger partial charge in [-0.15, -0.1) is 11.8 Å². The van der Waals surface area contributed by atoms with Gasteiger partial charge in [0, 0.05) is 24.4 Å². The van der Waals surface area contributed by atoms with Gasteiger partial charge in [0.25, 0.3) is 0 Å². The highest BCUT2D eigenvalue weighted by Gasteiger charge is 2.30. The number of carbonyl (C=O) groups excluding carboxylic acids is 2. The van der Waals surface area contributed by atoms with E-state index in [1.54, 1.807) is 0 Å². The molecule has 0 radical (unpaired) electrons. The fraction of sp³-hybridized carbons (Fsp3) is 0.375. The number of para-hydroxylation sites is 1. The van der Waals surface area contributed by atoms with Gasteiger partial charge in [-0.2, -0.15) is 0 Å². The molecule has 1 aromatic rings. The van der Waals surface area contributed by atoms with Crippen molar-refractivity contribution >= 4 is 29.3 Å². The number of fused-ring (bicyclic) bond motifs is 1. The lowest BCUT2D eigenvalue weighted by Crippen LogP contribution is -2.40. The van der Waals surface area contributed by atoms with Crippen LogP contribution in [-0.2, 0) is 9.59 Å². The zero-order valence-corrected chi connectivity index (χ0v) is 12.6. The standard InChI is InChI=1S/C16H18N2O2S/c1-11-6-8-18(9-7-11)15(19)10-14-16(20)17-12-4-2-3-5-13(12)21-14/h2-5,14H,1,6-10H2,(H,17,20)/t14-/m1/s1. The van der Waals surface area contributed by atoms with Crippen molar-refractivity contribution in [2.24, 2.45) is 0 Å². The van der Waals surface area contributed by atoms with E-state index in [1.165, 1.54) is 17.3 Å². The number of thioether (sulfide) groups is 1. The van der Waals surface area contributed by atoms with E-state index in [-0.39, 0.29) is 23.5 Å². The van der Waals surface area contributed by atoms with E-state index < -0.39 is 0 Å². The van der Waals surface area contributed by atoms with Crippen molar-refractivity contribution in [2.75, 3.05) is 18.4 Å². The van der Waals surface area contributed by atoms with E-state index in [4.69, 9.17) is 0 Å². The van der Waals surface area contributed by atoms with Gasteiger partial charge in [0.2, 0.25) is 11.8 Å². The highest BCUT2D eigenvalue weighted by atomic mass is 32.2. The van der Waals surface area contributed by atoms with E-state index >= 15 is 0 Å². The number of nitrogens with one attached hydrogen (secondary N) is 1. The molecule has 5 heteroatoms. The molecule has 2 amide bonds. The maximum atomic E-state index is 12.3. The van der Waals surface area contributed by atoms with Crippen molar-refractivity contribution in [2.45, 2.75) is 29.4 Å². The molecule has 2 heterocycles. The van der Waals surface area contributed by atoms with Crippen molar-refractivity contribution in [3.8, 4) is 0 Å². The predicted octanol–water partition coefficient (Wildman–Crippen LogP) is 2.67. The molecule has 110 valence electrons. The van der Waals surface area contributed by atoms with Gasteiger partial charge in [0.1, 0.15) is 0 Å². The van der Waals surface area contributed by atoms with Crippen LogP contribution in [0.5, 0.6) is 0 Å². The first-order chi connectivity index (χ1) is 10.1. The fourth-order valence-corrected chi connectivity index (χ4v) is 3.69. The van der Waals surface area contributed by atoms with Crippen LogP contribution in [0.25, 0.3) is 0 Å². The average Bonchev–Trinajstić information content (AvgIpc) is 2.48. The highest BCUT2D eigenvalue weighted by molar-refractivity contribution is 8.01. The van der Waals surface area contributed by atoms with E-state index in [1.807, 2.05) is 29.2 Å². The first-order valence-corrected chi connectivity index (χ1v) is 8.02. The summed E-state index contributed by atoms with van der Waals surface area (Å²) in [7, 11) is 0. The SMILES string of the molecule is C=C1CCN(C(=O)C[C@H]2Sc3ccccc3NC2=O)CC1. The topological polar surface area (TPSA) is 49.4 Å². The lowest BCUT2D eigenvalue weighted by atomic mass is 10.1. The molecule has 0 aromatic heterocycles. The lowest BCUT2D eigenvalue weighted by molar-refractivity contribution is -0.133. The van der Waals surface area contributed by atoms with Crippen LogP contribution in [0.2, 0.25) is 0 Å². The Morgan fingerprint density at radius 3 is 2.81 bits per heavy atom. The van der Waals surface area contributed by atoms with Crippen LogP contribution in [-0.4, -0.2) is 35.1 Å². The zero-order chi connectivity index (χ0) is 14.8. The number of hydrogen-bond acceptors (Lipinski definition) is 3. The smallest absolute Gasteiger partial charge is 0.238 e. The van der Waals surface area contributed by atoms with Gasteiger partial charge in [0.15, 0.2) is 0 Å². The number of piperidine rings is 1. The second-order valence-corrected chi connectivity index (χ2v) is 6.67. The van der Waals surface area contributed by atoms with Crippen LogP contribution in [0.1, 0.15) is 19.3 Å². The Balaban J connectivity index is 1.64. The third kappa shape index (κ3) is 3.13. The van der Waals surface area contributed by atoms with Crippen molar-refractivity contribution in [3.05, 3.63) is 36.4 Å². The van der Waals surface area contributed by atoms with Gasteiger partial charge in [-0.05, 0) is 25.0 Å². The summed E-state index contributed by atoms with van der Waals surface area (Å²) >= 11 is 1.48. The predicted molar refractivity (Wildman–Crippen MR) is 84.3 cm³/mol. The van der Waals surface area contributed by atoms with Crippen LogP contribution in [0.3, 0.4) is 0 Å². The van der Waals surface area contributed by atoms with Crippen LogP contribution < -0.4 is 5.32 Å². The zero-order valence-electron chi connectivity index (χ0n) is 11.8. The Labute approximate surface area is 128 Å². The maximum absolute atomic E-state index is 12.3. The first kappa shape index (κ1) is 14.2. The van der Waals surface area contributed by atoms with Crippen LogP contribution >= 0.6 is 11.8 Å². The van der Waals surface area contributed by atoms with E-state index in [0.717, 1.165) is 36.5 Å². The number of amides is 2. The van der Waals surface area contributed by atoms with Gasteiger partial charge < -0.3 is 10.2 Å². The number of benzene rings is 1. The molecule has 1 fully saturated rings. The largest absolute Gasteiger partial charge is 0.342 e. The number of anilines is 1. The minimum atomic E-state index is -0.336. The molecule has 0 spiro atoms. The number of nitrogens with zero attached hydrogens (tertiary/aromatic N) is 1. The minimum absolute atomic E-state index is 0.0644. The molecule has 1 aromatic carbocycles. The summed E-state index contributed by atoms with van der Waals surface area (Å²) in [6.07, 6.45) is 2.01. The summed E-state index contributed by atoms with van der Waals surface area (Å²) in [5, 5.41) is 2.55. The number of hydrogen-bond donors (Lipinski definition) is 1. The summed E-state index contributed by atoms with van der Waals surface area (Å²) < 4.78 is 0. The summed E-state index contributed by atoms with van der Waals surface area (Å²) in [6, 6.07) is 7.69. The third-order valence-electron chi connectivity index (χ3n) is 3.89.